The van der Waals surface area contributed by atoms with Gasteiger partial charge in [0.25, 0.3) is 0 Å². The SMILES string of the molecule is CO/C1=C\C(C)=C\[C@@H](C)[C@@H](OC(C)=O)[C@@H](C)C/C(C)=C/C=C/[C@H](OC)[C@@H]([C@@H](C)[C@@H](O)[C@H](C)[C@@]2(O)C[C@@H](OC(C)=O)[C@H](C)[C@@H](C(C)C)O2)OC1=O. The Kier molecular flexibility index (Phi) is 16.4. The van der Waals surface area contributed by atoms with Gasteiger partial charge in [0.05, 0.1) is 19.3 Å². The van der Waals surface area contributed by atoms with Crippen molar-refractivity contribution in [2.75, 3.05) is 14.2 Å². The molecule has 0 radical (unpaired) electrons. The molecule has 0 aromatic carbocycles. The fraction of sp³-hybridized carbons (Fsp3) is 0.718. The molecule has 1 saturated heterocycles. The highest BCUT2D eigenvalue weighted by Crippen LogP contribution is 2.42. The summed E-state index contributed by atoms with van der Waals surface area (Å²) in [6.45, 7) is 19.7. The second kappa shape index (κ2) is 19.0. The maximum atomic E-state index is 13.7. The molecule has 0 aromatic heterocycles. The lowest BCUT2D eigenvalue weighted by Gasteiger charge is -2.50. The number of aliphatic hydroxyl groups is 2. The Labute approximate surface area is 299 Å². The normalized spacial score (nSPS) is 37.4. The predicted molar refractivity (Wildman–Crippen MR) is 189 cm³/mol. The first-order chi connectivity index (χ1) is 23.3. The molecule has 1 fully saturated rings. The summed E-state index contributed by atoms with van der Waals surface area (Å²) in [5.74, 6) is -5.62. The van der Waals surface area contributed by atoms with Crippen LogP contribution in [0.4, 0.5) is 0 Å². The number of carbonyl (C=O) groups excluding carboxylic acids is 3. The zero-order valence-corrected chi connectivity index (χ0v) is 32.3. The summed E-state index contributed by atoms with van der Waals surface area (Å²) in [6.07, 6.45) is 4.99. The molecule has 0 unspecified atom stereocenters. The van der Waals surface area contributed by atoms with Crippen LogP contribution in [0.3, 0.4) is 0 Å². The van der Waals surface area contributed by atoms with E-state index in [9.17, 15) is 24.6 Å². The van der Waals surface area contributed by atoms with E-state index in [2.05, 4.69) is 0 Å². The van der Waals surface area contributed by atoms with Crippen LogP contribution < -0.4 is 0 Å². The van der Waals surface area contributed by atoms with E-state index in [1.54, 1.807) is 26.0 Å². The van der Waals surface area contributed by atoms with Gasteiger partial charge in [-0.3, -0.25) is 9.59 Å². The quantitative estimate of drug-likeness (QED) is 0.220. The van der Waals surface area contributed by atoms with Crippen LogP contribution in [0.5, 0.6) is 0 Å². The van der Waals surface area contributed by atoms with Gasteiger partial charge in [0, 0.05) is 51.0 Å². The van der Waals surface area contributed by atoms with Gasteiger partial charge in [-0.05, 0) is 38.2 Å². The molecule has 50 heavy (non-hydrogen) atoms. The Bertz CT molecular complexity index is 1280. The van der Waals surface area contributed by atoms with Crippen LogP contribution in [-0.2, 0) is 42.8 Å². The molecule has 0 bridgehead atoms. The Morgan fingerprint density at radius 1 is 1.00 bits per heavy atom. The topological polar surface area (TPSA) is 147 Å². The monoisotopic (exact) mass is 706 g/mol. The van der Waals surface area contributed by atoms with Gasteiger partial charge in [-0.25, -0.2) is 4.79 Å². The molecule has 0 amide bonds. The van der Waals surface area contributed by atoms with Crippen molar-refractivity contribution in [2.24, 2.45) is 35.5 Å². The highest BCUT2D eigenvalue weighted by Gasteiger charge is 2.53. The fourth-order valence-corrected chi connectivity index (χ4v) is 7.29. The molecule has 2 heterocycles. The van der Waals surface area contributed by atoms with Crippen LogP contribution in [0.1, 0.15) is 89.0 Å². The number of rotatable bonds is 9. The molecule has 12 atom stereocenters. The molecular weight excluding hydrogens is 644 g/mol. The lowest BCUT2D eigenvalue weighted by molar-refractivity contribution is -0.329. The van der Waals surface area contributed by atoms with E-state index >= 15 is 0 Å². The first kappa shape index (κ1) is 43.2. The summed E-state index contributed by atoms with van der Waals surface area (Å²) in [5, 5.41) is 23.8. The number of cyclic esters (lactones) is 1. The number of methoxy groups -OCH3 is 2. The van der Waals surface area contributed by atoms with Crippen molar-refractivity contribution >= 4 is 17.9 Å². The molecule has 11 nitrogen and oxygen atoms in total. The van der Waals surface area contributed by atoms with Crippen LogP contribution in [0, 0.1) is 35.5 Å². The van der Waals surface area contributed by atoms with Crippen molar-refractivity contribution in [2.45, 2.75) is 131 Å². The average molecular weight is 707 g/mol. The standard InChI is InChI=1S/C39H62O11/c1-21(2)35-26(7)33(47-29(10)40)20-39(44,50-35)28(9)34(42)27(8)37-31(45-12)16-14-15-22(3)17-24(5)36(48-30(11)41)25(6)18-23(4)19-32(46-13)38(43)49-37/h14-16,18-19,21,24-28,31,33-37,42,44H,17,20H2,1-13H3/b16-14+,22-15+,23-18+,32-19-/t24-,25+,26-,27-,28-,31-,33+,34+,35+,36-,37+,39+/m0/s1. The number of aliphatic hydroxyl groups excluding tert-OH is 1. The lowest BCUT2D eigenvalue weighted by atomic mass is 9.76. The number of carbonyl (C=O) groups is 3. The van der Waals surface area contributed by atoms with Crippen LogP contribution >= 0.6 is 0 Å². The van der Waals surface area contributed by atoms with Gasteiger partial charge in [-0.1, -0.05) is 83.9 Å². The predicted octanol–water partition coefficient (Wildman–Crippen LogP) is 5.83. The number of esters is 3. The third-order valence-corrected chi connectivity index (χ3v) is 10.0. The summed E-state index contributed by atoms with van der Waals surface area (Å²) >= 11 is 0. The van der Waals surface area contributed by atoms with Gasteiger partial charge < -0.3 is 38.6 Å². The minimum atomic E-state index is -1.85. The summed E-state index contributed by atoms with van der Waals surface area (Å²) in [6, 6.07) is 0. The molecular formula is C39H62O11. The van der Waals surface area contributed by atoms with Crippen molar-refractivity contribution in [1.82, 2.24) is 0 Å². The Morgan fingerprint density at radius 2 is 1.62 bits per heavy atom. The van der Waals surface area contributed by atoms with E-state index in [0.717, 1.165) is 5.57 Å². The number of allylic oxidation sites excluding steroid dienone is 5. The van der Waals surface area contributed by atoms with E-state index < -0.39 is 66.2 Å². The molecule has 0 saturated carbocycles. The Hall–Kier alpha value is -2.99. The highest BCUT2D eigenvalue weighted by molar-refractivity contribution is 5.87. The van der Waals surface area contributed by atoms with Gasteiger partial charge in [0.2, 0.25) is 5.76 Å². The molecule has 0 spiro atoms. The molecule has 2 aliphatic rings. The zero-order chi connectivity index (χ0) is 38.1. The third-order valence-electron chi connectivity index (χ3n) is 10.0. The molecule has 0 aromatic rings. The van der Waals surface area contributed by atoms with E-state index in [1.165, 1.54) is 28.1 Å². The maximum Gasteiger partial charge on any atom is 0.373 e. The Morgan fingerprint density at radius 3 is 2.16 bits per heavy atom. The lowest BCUT2D eigenvalue weighted by Crippen LogP contribution is -2.59. The minimum Gasteiger partial charge on any atom is -0.490 e. The van der Waals surface area contributed by atoms with Gasteiger partial charge in [-0.2, -0.15) is 0 Å². The van der Waals surface area contributed by atoms with Crippen molar-refractivity contribution in [3.63, 3.8) is 0 Å². The molecule has 11 heteroatoms. The second-order valence-corrected chi connectivity index (χ2v) is 14.7. The zero-order valence-electron chi connectivity index (χ0n) is 32.3. The number of ether oxygens (including phenoxy) is 6. The highest BCUT2D eigenvalue weighted by atomic mass is 16.6. The van der Waals surface area contributed by atoms with Gasteiger partial charge in [0.15, 0.2) is 5.79 Å². The van der Waals surface area contributed by atoms with Crippen molar-refractivity contribution in [3.05, 3.63) is 47.3 Å². The molecule has 2 aliphatic heterocycles. The summed E-state index contributed by atoms with van der Waals surface area (Å²) in [5.41, 5.74) is 1.73. The third kappa shape index (κ3) is 11.5. The van der Waals surface area contributed by atoms with Crippen LogP contribution in [0.2, 0.25) is 0 Å². The Balaban J connectivity index is 2.58. The van der Waals surface area contributed by atoms with Crippen LogP contribution in [0.15, 0.2) is 47.3 Å². The van der Waals surface area contributed by atoms with E-state index in [0.29, 0.717) is 12.0 Å². The number of hydrogen-bond acceptors (Lipinski definition) is 11. The smallest absolute Gasteiger partial charge is 0.373 e. The maximum absolute atomic E-state index is 13.7. The van der Waals surface area contributed by atoms with E-state index in [4.69, 9.17) is 28.4 Å². The van der Waals surface area contributed by atoms with Crippen molar-refractivity contribution in [1.29, 1.82) is 0 Å². The molecule has 2 N–H and O–H groups in total. The van der Waals surface area contributed by atoms with Crippen LogP contribution in [0.25, 0.3) is 0 Å². The molecule has 2 rings (SSSR count). The van der Waals surface area contributed by atoms with Gasteiger partial charge >= 0.3 is 17.9 Å². The second-order valence-electron chi connectivity index (χ2n) is 14.7. The van der Waals surface area contributed by atoms with E-state index in [-0.39, 0.29) is 41.8 Å². The largest absolute Gasteiger partial charge is 0.490 e. The fourth-order valence-electron chi connectivity index (χ4n) is 7.29. The van der Waals surface area contributed by atoms with Gasteiger partial charge in [0.1, 0.15) is 24.4 Å². The number of hydrogen-bond donors (Lipinski definition) is 2. The van der Waals surface area contributed by atoms with Crippen molar-refractivity contribution in [3.8, 4) is 0 Å². The van der Waals surface area contributed by atoms with Crippen molar-refractivity contribution < 1.29 is 53.0 Å². The minimum absolute atomic E-state index is 0.0134. The summed E-state index contributed by atoms with van der Waals surface area (Å²) in [7, 11) is 2.85. The average Bonchev–Trinajstić information content (AvgIpc) is 3.02. The summed E-state index contributed by atoms with van der Waals surface area (Å²) < 4.78 is 35.0. The van der Waals surface area contributed by atoms with E-state index in [1.807, 2.05) is 66.7 Å². The van der Waals surface area contributed by atoms with Gasteiger partial charge in [-0.15, -0.1) is 0 Å². The molecule has 284 valence electrons. The summed E-state index contributed by atoms with van der Waals surface area (Å²) in [4.78, 5) is 37.7. The first-order valence-electron chi connectivity index (χ1n) is 17.7. The first-order valence-corrected chi connectivity index (χ1v) is 17.7. The molecule has 0 aliphatic carbocycles. The van der Waals surface area contributed by atoms with Crippen LogP contribution in [-0.4, -0.2) is 84.8 Å².